The molecule has 0 spiro atoms. The molecule has 6 heteroatoms. The quantitative estimate of drug-likeness (QED) is 0.787. The van der Waals surface area contributed by atoms with Gasteiger partial charge in [0.25, 0.3) is 0 Å². The van der Waals surface area contributed by atoms with Gasteiger partial charge in [-0.15, -0.1) is 0 Å². The van der Waals surface area contributed by atoms with Gasteiger partial charge in [-0.1, -0.05) is 18.2 Å². The van der Waals surface area contributed by atoms with Crippen LogP contribution in [0.3, 0.4) is 0 Å². The van der Waals surface area contributed by atoms with E-state index < -0.39 is 6.10 Å². The molecule has 2 aliphatic rings. The van der Waals surface area contributed by atoms with Crippen LogP contribution in [0.5, 0.6) is 0 Å². The van der Waals surface area contributed by atoms with Crippen LogP contribution >= 0.6 is 0 Å². The molecule has 3 atom stereocenters. The lowest BCUT2D eigenvalue weighted by Crippen LogP contribution is -2.34. The number of hydrogen-bond acceptors (Lipinski definition) is 3. The minimum Gasteiger partial charge on any atom is -0.391 e. The molecule has 0 amide bonds. The third kappa shape index (κ3) is 1.24. The predicted molar refractivity (Wildman–Crippen MR) is 67.6 cm³/mol. The summed E-state index contributed by atoms with van der Waals surface area (Å²) in [7, 11) is 0. The molecule has 1 N–H and O–H groups in total. The zero-order valence-electron chi connectivity index (χ0n) is 10.1. The minimum atomic E-state index is -0.520. The van der Waals surface area contributed by atoms with E-state index in [9.17, 15) is 14.7 Å². The lowest BCUT2D eigenvalue weighted by molar-refractivity contribution is 0.104. The Morgan fingerprint density at radius 3 is 2.42 bits per heavy atom. The van der Waals surface area contributed by atoms with Gasteiger partial charge >= 0.3 is 11.4 Å². The highest BCUT2D eigenvalue weighted by Crippen LogP contribution is 2.42. The van der Waals surface area contributed by atoms with Gasteiger partial charge in [0.05, 0.1) is 23.9 Å². The second kappa shape index (κ2) is 3.48. The molecule has 1 fully saturated rings. The van der Waals surface area contributed by atoms with Crippen molar-refractivity contribution < 1.29 is 5.11 Å². The van der Waals surface area contributed by atoms with E-state index in [0.717, 1.165) is 0 Å². The summed E-state index contributed by atoms with van der Waals surface area (Å²) in [4.78, 5) is 24.8. The molecule has 1 aromatic heterocycles. The number of aromatic nitrogens is 3. The second-order valence-corrected chi connectivity index (χ2v) is 5.19. The SMILES string of the molecule is O=c1n(-c2ccccc2)c(=O)n2n1[C@@H]1C[C@@H](O)[C@H]2C1. The van der Waals surface area contributed by atoms with Crippen molar-refractivity contribution in [2.45, 2.75) is 31.0 Å². The maximum Gasteiger partial charge on any atom is 0.352 e. The fraction of sp³-hybridized carbons (Fsp3) is 0.385. The van der Waals surface area contributed by atoms with Gasteiger partial charge in [-0.05, 0) is 25.0 Å². The molecule has 1 saturated carbocycles. The Bertz CT molecular complexity index is 756. The topological polar surface area (TPSA) is 69.2 Å². The molecule has 0 saturated heterocycles. The highest BCUT2D eigenvalue weighted by molar-refractivity contribution is 5.30. The Hall–Kier alpha value is -2.08. The van der Waals surface area contributed by atoms with Crippen molar-refractivity contribution in [2.75, 3.05) is 0 Å². The summed E-state index contributed by atoms with van der Waals surface area (Å²) in [5.74, 6) is 0. The molecule has 2 bridgehead atoms. The first-order valence-corrected chi connectivity index (χ1v) is 6.38. The molecule has 4 rings (SSSR count). The summed E-state index contributed by atoms with van der Waals surface area (Å²) < 4.78 is 4.11. The highest BCUT2D eigenvalue weighted by Gasteiger charge is 2.46. The van der Waals surface area contributed by atoms with Crippen molar-refractivity contribution in [3.63, 3.8) is 0 Å². The monoisotopic (exact) mass is 259 g/mol. The van der Waals surface area contributed by atoms with Crippen molar-refractivity contribution in [3.05, 3.63) is 51.3 Å². The third-order valence-corrected chi connectivity index (χ3v) is 4.15. The van der Waals surface area contributed by atoms with E-state index in [4.69, 9.17) is 0 Å². The van der Waals surface area contributed by atoms with Crippen molar-refractivity contribution in [2.24, 2.45) is 0 Å². The standard InChI is InChI=1S/C13H13N3O3/c17-11-7-9-6-10(11)16-13(19)14(12(18)15(9)16)8-4-2-1-3-5-8/h1-5,9-11,17H,6-7H2/t9-,10+,11+/m0/s1. The number of para-hydroxylation sites is 1. The number of nitrogens with zero attached hydrogens (tertiary/aromatic N) is 3. The summed E-state index contributed by atoms with van der Waals surface area (Å²) in [6, 6.07) is 8.58. The van der Waals surface area contributed by atoms with E-state index in [1.54, 1.807) is 24.3 Å². The zero-order valence-corrected chi connectivity index (χ0v) is 10.1. The molecule has 0 radical (unpaired) electrons. The Kier molecular flexibility index (Phi) is 1.98. The molecule has 2 aromatic rings. The van der Waals surface area contributed by atoms with Gasteiger partial charge in [0, 0.05) is 0 Å². The van der Waals surface area contributed by atoms with Gasteiger partial charge < -0.3 is 5.11 Å². The van der Waals surface area contributed by atoms with Gasteiger partial charge in [0.15, 0.2) is 0 Å². The fourth-order valence-corrected chi connectivity index (χ4v) is 3.33. The van der Waals surface area contributed by atoms with E-state index in [1.807, 2.05) is 6.07 Å². The van der Waals surface area contributed by atoms with Crippen molar-refractivity contribution in [1.82, 2.24) is 13.9 Å². The normalized spacial score (nSPS) is 27.7. The van der Waals surface area contributed by atoms with E-state index in [-0.39, 0.29) is 23.5 Å². The average Bonchev–Trinajstić information content (AvgIpc) is 3.02. The Balaban J connectivity index is 2.01. The van der Waals surface area contributed by atoms with Crippen LogP contribution in [0.25, 0.3) is 5.69 Å². The number of fused-ring (bicyclic) bond motifs is 5. The summed E-state index contributed by atoms with van der Waals surface area (Å²) >= 11 is 0. The Morgan fingerprint density at radius 1 is 1.00 bits per heavy atom. The van der Waals surface area contributed by atoms with Gasteiger partial charge in [0.2, 0.25) is 0 Å². The second-order valence-electron chi connectivity index (χ2n) is 5.19. The molecular weight excluding hydrogens is 246 g/mol. The zero-order chi connectivity index (χ0) is 13.1. The molecule has 1 aromatic carbocycles. The molecule has 1 aliphatic heterocycles. The van der Waals surface area contributed by atoms with Crippen LogP contribution < -0.4 is 11.4 Å². The molecule has 98 valence electrons. The first kappa shape index (κ1) is 10.8. The molecule has 6 nitrogen and oxygen atoms in total. The lowest BCUT2D eigenvalue weighted by atomic mass is 10.2. The number of hydrogen-bond donors (Lipinski definition) is 1. The maximum atomic E-state index is 12.4. The van der Waals surface area contributed by atoms with Gasteiger partial charge in [-0.25, -0.2) is 23.5 Å². The number of rotatable bonds is 1. The average molecular weight is 259 g/mol. The van der Waals surface area contributed by atoms with E-state index >= 15 is 0 Å². The summed E-state index contributed by atoms with van der Waals surface area (Å²) in [6.45, 7) is 0. The smallest absolute Gasteiger partial charge is 0.352 e. The van der Waals surface area contributed by atoms with Crippen LogP contribution in [-0.4, -0.2) is 25.1 Å². The molecule has 2 heterocycles. The summed E-state index contributed by atoms with van der Waals surface area (Å²) in [5, 5.41) is 9.88. The van der Waals surface area contributed by atoms with E-state index in [2.05, 4.69) is 0 Å². The summed E-state index contributed by atoms with van der Waals surface area (Å²) in [5.41, 5.74) is -0.0983. The molecular formula is C13H13N3O3. The Morgan fingerprint density at radius 2 is 1.68 bits per heavy atom. The Labute approximate surface area is 108 Å². The number of aliphatic hydroxyl groups is 1. The maximum absolute atomic E-state index is 12.4. The minimum absolute atomic E-state index is 0.0508. The van der Waals surface area contributed by atoms with Gasteiger partial charge in [-0.2, -0.15) is 0 Å². The van der Waals surface area contributed by atoms with Crippen molar-refractivity contribution >= 4 is 0 Å². The predicted octanol–water partition coefficient (Wildman–Crippen LogP) is 0.0512. The van der Waals surface area contributed by atoms with Crippen LogP contribution in [0.2, 0.25) is 0 Å². The van der Waals surface area contributed by atoms with Crippen LogP contribution in [0.15, 0.2) is 39.9 Å². The lowest BCUT2D eigenvalue weighted by Gasteiger charge is -2.19. The van der Waals surface area contributed by atoms with Gasteiger partial charge in [0.1, 0.15) is 0 Å². The van der Waals surface area contributed by atoms with Crippen LogP contribution in [-0.2, 0) is 0 Å². The summed E-state index contributed by atoms with van der Waals surface area (Å²) in [6.07, 6.45) is 0.720. The first-order valence-electron chi connectivity index (χ1n) is 6.38. The molecule has 0 unspecified atom stereocenters. The fourth-order valence-electron chi connectivity index (χ4n) is 3.33. The van der Waals surface area contributed by atoms with E-state index in [0.29, 0.717) is 18.5 Å². The number of aliphatic hydroxyl groups excluding tert-OH is 1. The van der Waals surface area contributed by atoms with Gasteiger partial charge in [-0.3, -0.25) is 0 Å². The first-order chi connectivity index (χ1) is 9.18. The van der Waals surface area contributed by atoms with Crippen LogP contribution in [0, 0.1) is 0 Å². The molecule has 1 aliphatic carbocycles. The number of benzene rings is 1. The third-order valence-electron chi connectivity index (χ3n) is 4.15. The largest absolute Gasteiger partial charge is 0.391 e. The van der Waals surface area contributed by atoms with E-state index in [1.165, 1.54) is 13.9 Å². The molecule has 19 heavy (non-hydrogen) atoms. The van der Waals surface area contributed by atoms with Crippen molar-refractivity contribution in [3.8, 4) is 5.69 Å². The van der Waals surface area contributed by atoms with Crippen LogP contribution in [0.4, 0.5) is 0 Å². The highest BCUT2D eigenvalue weighted by atomic mass is 16.3. The van der Waals surface area contributed by atoms with Crippen LogP contribution in [0.1, 0.15) is 24.9 Å². The van der Waals surface area contributed by atoms with Crippen molar-refractivity contribution in [1.29, 1.82) is 0 Å².